The summed E-state index contributed by atoms with van der Waals surface area (Å²) >= 11 is 11.8. The van der Waals surface area contributed by atoms with Gasteiger partial charge in [-0.2, -0.15) is 0 Å². The molecule has 1 aromatic carbocycles. The number of hydrogen-bond donors (Lipinski definition) is 0. The third-order valence-electron chi connectivity index (χ3n) is 3.14. The minimum absolute atomic E-state index is 0.0463. The zero-order valence-electron chi connectivity index (χ0n) is 11.1. The molecule has 0 saturated heterocycles. The molecule has 0 aliphatic rings. The van der Waals surface area contributed by atoms with Crippen molar-refractivity contribution in [1.82, 2.24) is 4.57 Å². The first kappa shape index (κ1) is 14.2. The number of nitrogens with zero attached hydrogens (tertiary/aromatic N) is 1. The summed E-state index contributed by atoms with van der Waals surface area (Å²) < 4.78 is 2.03. The molecule has 4 heteroatoms. The lowest BCUT2D eigenvalue weighted by molar-refractivity contribution is 0.0991. The van der Waals surface area contributed by atoms with Crippen molar-refractivity contribution in [2.75, 3.05) is 0 Å². The number of alkyl halides is 1. The van der Waals surface area contributed by atoms with Crippen molar-refractivity contribution >= 4 is 29.0 Å². The van der Waals surface area contributed by atoms with Crippen LogP contribution in [0.25, 0.3) is 5.69 Å². The number of halogens is 2. The van der Waals surface area contributed by atoms with E-state index in [0.29, 0.717) is 10.6 Å². The average molecular weight is 296 g/mol. The number of carbonyl (C=O) groups excluding carboxylic acids is 1. The van der Waals surface area contributed by atoms with Gasteiger partial charge in [0.25, 0.3) is 0 Å². The van der Waals surface area contributed by atoms with E-state index < -0.39 is 5.38 Å². The normalized spacial score (nSPS) is 12.5. The Labute approximate surface area is 123 Å². The van der Waals surface area contributed by atoms with Gasteiger partial charge in [0.2, 0.25) is 0 Å². The molecule has 0 aliphatic carbocycles. The number of carbonyl (C=O) groups is 1. The molecule has 2 aromatic rings. The van der Waals surface area contributed by atoms with Crippen molar-refractivity contribution < 1.29 is 4.79 Å². The van der Waals surface area contributed by atoms with Gasteiger partial charge < -0.3 is 4.57 Å². The van der Waals surface area contributed by atoms with Gasteiger partial charge in [-0.3, -0.25) is 4.79 Å². The van der Waals surface area contributed by atoms with Gasteiger partial charge in [-0.05, 0) is 51.1 Å². The first-order valence-electron chi connectivity index (χ1n) is 6.05. The molecule has 0 spiro atoms. The average Bonchev–Trinajstić information content (AvgIpc) is 2.65. The van der Waals surface area contributed by atoms with Crippen LogP contribution in [0.4, 0.5) is 0 Å². The van der Waals surface area contributed by atoms with E-state index in [4.69, 9.17) is 23.2 Å². The van der Waals surface area contributed by atoms with Crippen molar-refractivity contribution in [1.29, 1.82) is 0 Å². The molecule has 100 valence electrons. The van der Waals surface area contributed by atoms with Crippen LogP contribution in [0.3, 0.4) is 0 Å². The number of Topliss-reactive ketones (excluding diaryl/α,β-unsaturated/α-hetero) is 1. The molecule has 1 aromatic heterocycles. The number of aryl methyl sites for hydroxylation is 1. The molecular weight excluding hydrogens is 281 g/mol. The number of rotatable bonds is 3. The van der Waals surface area contributed by atoms with Crippen molar-refractivity contribution in [3.63, 3.8) is 0 Å². The quantitative estimate of drug-likeness (QED) is 0.601. The Morgan fingerprint density at radius 2 is 1.79 bits per heavy atom. The Kier molecular flexibility index (Phi) is 4.02. The molecule has 1 heterocycles. The van der Waals surface area contributed by atoms with E-state index in [0.717, 1.165) is 17.1 Å². The van der Waals surface area contributed by atoms with Crippen molar-refractivity contribution in [3.8, 4) is 5.69 Å². The van der Waals surface area contributed by atoms with Crippen LogP contribution < -0.4 is 0 Å². The topological polar surface area (TPSA) is 22.0 Å². The van der Waals surface area contributed by atoms with Gasteiger partial charge in [-0.1, -0.05) is 11.6 Å². The van der Waals surface area contributed by atoms with Gasteiger partial charge in [-0.25, -0.2) is 0 Å². The van der Waals surface area contributed by atoms with Gasteiger partial charge in [0, 0.05) is 27.7 Å². The smallest absolute Gasteiger partial charge is 0.182 e. The highest BCUT2D eigenvalue weighted by atomic mass is 35.5. The van der Waals surface area contributed by atoms with Gasteiger partial charge >= 0.3 is 0 Å². The molecule has 2 rings (SSSR count). The Bertz CT molecular complexity index is 612. The van der Waals surface area contributed by atoms with Crippen LogP contribution >= 0.6 is 23.2 Å². The summed E-state index contributed by atoms with van der Waals surface area (Å²) in [5, 5.41) is 0.177. The highest BCUT2D eigenvalue weighted by Crippen LogP contribution is 2.23. The van der Waals surface area contributed by atoms with E-state index in [2.05, 4.69) is 0 Å². The van der Waals surface area contributed by atoms with Gasteiger partial charge in [0.05, 0.1) is 5.38 Å². The second-order valence-corrected chi connectivity index (χ2v) is 5.67. The first-order valence-corrected chi connectivity index (χ1v) is 6.86. The zero-order chi connectivity index (χ0) is 14.2. The van der Waals surface area contributed by atoms with Gasteiger partial charge in [0.1, 0.15) is 0 Å². The Morgan fingerprint density at radius 3 is 2.32 bits per heavy atom. The van der Waals surface area contributed by atoms with Crippen LogP contribution in [0.15, 0.2) is 30.3 Å². The second kappa shape index (κ2) is 5.40. The Balaban J connectivity index is 2.54. The molecular formula is C15H15Cl2NO. The zero-order valence-corrected chi connectivity index (χ0v) is 12.6. The van der Waals surface area contributed by atoms with Crippen LogP contribution in [0, 0.1) is 13.8 Å². The number of ketones is 1. The molecule has 0 amide bonds. The summed E-state index contributed by atoms with van der Waals surface area (Å²) in [6, 6.07) is 9.41. The SMILES string of the molecule is Cc1cc(C(=O)[C@@H](C)Cl)c(C)n1-c1ccc(Cl)cc1. The summed E-state index contributed by atoms with van der Waals surface area (Å²) in [4.78, 5) is 12.0. The molecule has 2 nitrogen and oxygen atoms in total. The van der Waals surface area contributed by atoms with E-state index in [1.165, 1.54) is 0 Å². The maximum atomic E-state index is 12.0. The minimum atomic E-state index is -0.515. The van der Waals surface area contributed by atoms with E-state index in [9.17, 15) is 4.79 Å². The summed E-state index contributed by atoms with van der Waals surface area (Å²) in [6.07, 6.45) is 0. The molecule has 0 N–H and O–H groups in total. The predicted molar refractivity (Wildman–Crippen MR) is 79.9 cm³/mol. The number of aromatic nitrogens is 1. The number of hydrogen-bond acceptors (Lipinski definition) is 1. The summed E-state index contributed by atoms with van der Waals surface area (Å²) in [5.74, 6) is -0.0463. The number of benzene rings is 1. The lowest BCUT2D eigenvalue weighted by atomic mass is 10.1. The maximum absolute atomic E-state index is 12.0. The van der Waals surface area contributed by atoms with E-state index in [-0.39, 0.29) is 5.78 Å². The predicted octanol–water partition coefficient (Wildman–Crippen LogP) is 4.56. The maximum Gasteiger partial charge on any atom is 0.182 e. The van der Waals surface area contributed by atoms with Crippen LogP contribution in [0.1, 0.15) is 28.7 Å². The Morgan fingerprint density at radius 1 is 1.21 bits per heavy atom. The molecule has 0 bridgehead atoms. The second-order valence-electron chi connectivity index (χ2n) is 4.58. The summed E-state index contributed by atoms with van der Waals surface area (Å²) in [7, 11) is 0. The summed E-state index contributed by atoms with van der Waals surface area (Å²) in [6.45, 7) is 5.59. The van der Waals surface area contributed by atoms with E-state index in [1.54, 1.807) is 6.92 Å². The monoisotopic (exact) mass is 295 g/mol. The van der Waals surface area contributed by atoms with Crippen LogP contribution in [-0.4, -0.2) is 15.7 Å². The fraction of sp³-hybridized carbons (Fsp3) is 0.267. The van der Waals surface area contributed by atoms with Crippen molar-refractivity contribution in [3.05, 3.63) is 52.3 Å². The third kappa shape index (κ3) is 2.70. The minimum Gasteiger partial charge on any atom is -0.318 e. The molecule has 1 atom stereocenters. The lowest BCUT2D eigenvalue weighted by Crippen LogP contribution is -2.11. The summed E-state index contributed by atoms with van der Waals surface area (Å²) in [5.41, 5.74) is 3.56. The Hall–Kier alpha value is -1.25. The van der Waals surface area contributed by atoms with Crippen molar-refractivity contribution in [2.45, 2.75) is 26.1 Å². The standard InChI is InChI=1S/C15H15Cl2NO/c1-9-8-14(15(19)10(2)16)11(3)18(9)13-6-4-12(17)5-7-13/h4-8,10H,1-3H3/t10-/m1/s1. The van der Waals surface area contributed by atoms with Crippen LogP contribution in [-0.2, 0) is 0 Å². The van der Waals surface area contributed by atoms with Crippen molar-refractivity contribution in [2.24, 2.45) is 0 Å². The lowest BCUT2D eigenvalue weighted by Gasteiger charge is -2.10. The fourth-order valence-electron chi connectivity index (χ4n) is 2.21. The molecule has 0 saturated carbocycles. The van der Waals surface area contributed by atoms with E-state index in [1.807, 2.05) is 48.7 Å². The molecule has 0 radical (unpaired) electrons. The largest absolute Gasteiger partial charge is 0.318 e. The van der Waals surface area contributed by atoms with E-state index >= 15 is 0 Å². The van der Waals surface area contributed by atoms with Crippen LogP contribution in [0.2, 0.25) is 5.02 Å². The van der Waals surface area contributed by atoms with Gasteiger partial charge in [0.15, 0.2) is 5.78 Å². The highest BCUT2D eigenvalue weighted by Gasteiger charge is 2.19. The van der Waals surface area contributed by atoms with Crippen LogP contribution in [0.5, 0.6) is 0 Å². The first-order chi connectivity index (χ1) is 8.91. The third-order valence-corrected chi connectivity index (χ3v) is 3.59. The molecule has 19 heavy (non-hydrogen) atoms. The molecule has 0 fully saturated rings. The molecule has 0 unspecified atom stereocenters. The van der Waals surface area contributed by atoms with Gasteiger partial charge in [-0.15, -0.1) is 11.6 Å². The fourth-order valence-corrected chi connectivity index (χ4v) is 2.46. The molecule has 0 aliphatic heterocycles. The highest BCUT2D eigenvalue weighted by molar-refractivity contribution is 6.33.